The molecular formula is C12H32N2O2Si3. The molecule has 0 spiro atoms. The van der Waals surface area contributed by atoms with Gasteiger partial charge >= 0.3 is 8.56 Å². The van der Waals surface area contributed by atoms with Crippen LogP contribution in [0.25, 0.3) is 0 Å². The maximum absolute atomic E-state index is 6.50. The van der Waals surface area contributed by atoms with Crippen LogP contribution in [0.2, 0.25) is 51.9 Å². The molecule has 0 atom stereocenters. The van der Waals surface area contributed by atoms with Crippen molar-refractivity contribution in [2.24, 2.45) is 0 Å². The third-order valence-corrected chi connectivity index (χ3v) is 12.4. The summed E-state index contributed by atoms with van der Waals surface area (Å²) < 4.78 is 13.0. The third kappa shape index (κ3) is 7.74. The molecule has 114 valence electrons. The minimum Gasteiger partial charge on any atom is -0.437 e. The highest BCUT2D eigenvalue weighted by atomic mass is 28.5. The van der Waals surface area contributed by atoms with Gasteiger partial charge in [0, 0.05) is 13.1 Å². The normalized spacial score (nSPS) is 19.1. The molecular weight excluding hydrogens is 288 g/mol. The van der Waals surface area contributed by atoms with E-state index >= 15 is 0 Å². The number of nitrogens with one attached hydrogen (secondary N) is 2. The highest BCUT2D eigenvalue weighted by Crippen LogP contribution is 2.26. The van der Waals surface area contributed by atoms with Crippen LogP contribution in [0, 0.1) is 0 Å². The van der Waals surface area contributed by atoms with Gasteiger partial charge < -0.3 is 18.9 Å². The van der Waals surface area contributed by atoms with Crippen LogP contribution in [0.15, 0.2) is 0 Å². The molecule has 1 heterocycles. The molecule has 0 bridgehead atoms. The second kappa shape index (κ2) is 6.50. The monoisotopic (exact) mass is 320 g/mol. The molecule has 19 heavy (non-hydrogen) atoms. The van der Waals surface area contributed by atoms with Crippen LogP contribution in [-0.4, -0.2) is 44.5 Å². The van der Waals surface area contributed by atoms with Crippen molar-refractivity contribution in [1.82, 2.24) is 10.6 Å². The zero-order chi connectivity index (χ0) is 14.7. The summed E-state index contributed by atoms with van der Waals surface area (Å²) in [6.45, 7) is 18.0. The van der Waals surface area contributed by atoms with Crippen molar-refractivity contribution in [2.75, 3.05) is 13.1 Å². The van der Waals surface area contributed by atoms with Crippen molar-refractivity contribution >= 4 is 25.2 Å². The highest BCUT2D eigenvalue weighted by Gasteiger charge is 2.40. The lowest BCUT2D eigenvalue weighted by molar-refractivity contribution is 0.374. The van der Waals surface area contributed by atoms with E-state index in [1.807, 2.05) is 0 Å². The summed E-state index contributed by atoms with van der Waals surface area (Å²) in [6, 6.07) is 1.08. The Morgan fingerprint density at radius 2 is 1.26 bits per heavy atom. The molecule has 0 aromatic rings. The standard InChI is InChI=1S/C12H32N2O2Si3/c1-17(2,3)15-19(7,16-18(4,5)6)11-8-12-13-9-10-14-12/h12-14H,8-11H2,1-7H3. The molecule has 2 N–H and O–H groups in total. The van der Waals surface area contributed by atoms with Gasteiger partial charge in [-0.25, -0.2) is 0 Å². The lowest BCUT2D eigenvalue weighted by atomic mass is 10.4. The molecule has 0 aromatic carbocycles. The van der Waals surface area contributed by atoms with E-state index < -0.39 is 25.2 Å². The van der Waals surface area contributed by atoms with Crippen LogP contribution in [0.4, 0.5) is 0 Å². The topological polar surface area (TPSA) is 42.5 Å². The fourth-order valence-corrected chi connectivity index (χ4v) is 15.1. The summed E-state index contributed by atoms with van der Waals surface area (Å²) in [6.07, 6.45) is 1.56. The Labute approximate surface area is 122 Å². The maximum Gasteiger partial charge on any atom is 0.314 e. The van der Waals surface area contributed by atoms with Gasteiger partial charge in [-0.2, -0.15) is 0 Å². The summed E-state index contributed by atoms with van der Waals surface area (Å²) >= 11 is 0. The van der Waals surface area contributed by atoms with Crippen molar-refractivity contribution in [2.45, 2.75) is 64.5 Å². The quantitative estimate of drug-likeness (QED) is 0.708. The average molecular weight is 321 g/mol. The first-order valence-corrected chi connectivity index (χ1v) is 16.7. The van der Waals surface area contributed by atoms with Gasteiger partial charge in [0.25, 0.3) is 0 Å². The molecule has 1 rings (SSSR count). The Morgan fingerprint density at radius 3 is 1.63 bits per heavy atom. The van der Waals surface area contributed by atoms with Gasteiger partial charge in [-0.3, -0.25) is 0 Å². The number of rotatable bonds is 7. The molecule has 0 amide bonds. The molecule has 0 aliphatic carbocycles. The van der Waals surface area contributed by atoms with E-state index in [1.165, 1.54) is 0 Å². The van der Waals surface area contributed by atoms with Gasteiger partial charge in [0.1, 0.15) is 0 Å². The van der Waals surface area contributed by atoms with Crippen molar-refractivity contribution in [1.29, 1.82) is 0 Å². The Bertz CT molecular complexity index is 268. The lowest BCUT2D eigenvalue weighted by Gasteiger charge is -2.39. The Morgan fingerprint density at radius 1 is 0.842 bits per heavy atom. The molecule has 0 unspecified atom stereocenters. The first kappa shape index (κ1) is 17.5. The first-order valence-electron chi connectivity index (χ1n) is 7.36. The highest BCUT2D eigenvalue weighted by molar-refractivity contribution is 6.87. The molecule has 7 heteroatoms. The first-order chi connectivity index (χ1) is 8.49. The van der Waals surface area contributed by atoms with Crippen LogP contribution < -0.4 is 10.6 Å². The van der Waals surface area contributed by atoms with E-state index in [-0.39, 0.29) is 0 Å². The Kier molecular flexibility index (Phi) is 6.01. The van der Waals surface area contributed by atoms with Crippen LogP contribution in [-0.2, 0) is 8.23 Å². The van der Waals surface area contributed by atoms with Gasteiger partial charge in [0.05, 0.1) is 6.17 Å². The van der Waals surface area contributed by atoms with Gasteiger partial charge in [-0.05, 0) is 58.3 Å². The van der Waals surface area contributed by atoms with Gasteiger partial charge in [0.2, 0.25) is 0 Å². The average Bonchev–Trinajstić information content (AvgIpc) is 2.60. The summed E-state index contributed by atoms with van der Waals surface area (Å²) in [5.74, 6) is 0. The minimum atomic E-state index is -2.04. The second-order valence-electron chi connectivity index (χ2n) is 7.56. The van der Waals surface area contributed by atoms with Crippen molar-refractivity contribution in [3.8, 4) is 0 Å². The lowest BCUT2D eigenvalue weighted by Crippen LogP contribution is -2.53. The molecule has 1 saturated heterocycles. The smallest absolute Gasteiger partial charge is 0.314 e. The minimum absolute atomic E-state index is 0.447. The molecule has 4 nitrogen and oxygen atoms in total. The summed E-state index contributed by atoms with van der Waals surface area (Å²) in [7, 11) is -5.15. The summed E-state index contributed by atoms with van der Waals surface area (Å²) in [5, 5.41) is 6.96. The van der Waals surface area contributed by atoms with Crippen LogP contribution >= 0.6 is 0 Å². The van der Waals surface area contributed by atoms with E-state index in [0.29, 0.717) is 6.17 Å². The zero-order valence-electron chi connectivity index (χ0n) is 13.7. The zero-order valence-corrected chi connectivity index (χ0v) is 16.7. The Hall–Kier alpha value is 0.491. The van der Waals surface area contributed by atoms with E-state index in [9.17, 15) is 0 Å². The van der Waals surface area contributed by atoms with Crippen LogP contribution in [0.3, 0.4) is 0 Å². The predicted molar refractivity (Wildman–Crippen MR) is 89.7 cm³/mol. The molecule has 0 radical (unpaired) electrons. The maximum atomic E-state index is 6.50. The third-order valence-electron chi connectivity index (χ3n) is 2.84. The van der Waals surface area contributed by atoms with E-state index in [2.05, 4.69) is 56.5 Å². The molecule has 0 saturated carbocycles. The van der Waals surface area contributed by atoms with Crippen molar-refractivity contribution in [3.63, 3.8) is 0 Å². The van der Waals surface area contributed by atoms with Crippen LogP contribution in [0.1, 0.15) is 6.42 Å². The van der Waals surface area contributed by atoms with Gasteiger partial charge in [-0.15, -0.1) is 0 Å². The second-order valence-corrected chi connectivity index (χ2v) is 20.4. The molecule has 1 aliphatic heterocycles. The fraction of sp³-hybridized carbons (Fsp3) is 1.00. The van der Waals surface area contributed by atoms with E-state index in [0.717, 1.165) is 25.6 Å². The van der Waals surface area contributed by atoms with Crippen LogP contribution in [0.5, 0.6) is 0 Å². The number of hydrogen-bond acceptors (Lipinski definition) is 4. The van der Waals surface area contributed by atoms with E-state index in [4.69, 9.17) is 8.23 Å². The van der Waals surface area contributed by atoms with Crippen molar-refractivity contribution < 1.29 is 8.23 Å². The van der Waals surface area contributed by atoms with Gasteiger partial charge in [-0.1, -0.05) is 0 Å². The van der Waals surface area contributed by atoms with Crippen molar-refractivity contribution in [3.05, 3.63) is 0 Å². The van der Waals surface area contributed by atoms with E-state index in [1.54, 1.807) is 0 Å². The molecule has 1 fully saturated rings. The van der Waals surface area contributed by atoms with Gasteiger partial charge in [0.15, 0.2) is 16.6 Å². The SMILES string of the molecule is C[Si](C)(C)O[Si](C)(CCC1NCCN1)O[Si](C)(C)C. The molecule has 0 aromatic heterocycles. The largest absolute Gasteiger partial charge is 0.437 e. The predicted octanol–water partition coefficient (Wildman–Crippen LogP) is 2.67. The molecule has 1 aliphatic rings. The Balaban J connectivity index is 2.61. The summed E-state index contributed by atoms with van der Waals surface area (Å²) in [4.78, 5) is 0. The fourth-order valence-electron chi connectivity index (χ4n) is 2.59. The number of hydrogen-bond donors (Lipinski definition) is 2. The summed E-state index contributed by atoms with van der Waals surface area (Å²) in [5.41, 5.74) is 0.